The van der Waals surface area contributed by atoms with E-state index in [1.807, 2.05) is 0 Å². The third-order valence-electron chi connectivity index (χ3n) is 9.67. The summed E-state index contributed by atoms with van der Waals surface area (Å²) >= 11 is 0. The maximum absolute atomic E-state index is 16.8. The van der Waals surface area contributed by atoms with Crippen LogP contribution in [-0.2, 0) is 6.42 Å². The van der Waals surface area contributed by atoms with Gasteiger partial charge in [-0.05, 0) is 62.7 Å². The van der Waals surface area contributed by atoms with Crippen molar-refractivity contribution in [2.75, 3.05) is 31.6 Å². The van der Waals surface area contributed by atoms with Crippen LogP contribution in [0.1, 0.15) is 43.9 Å². The van der Waals surface area contributed by atoms with Gasteiger partial charge < -0.3 is 19.8 Å². The van der Waals surface area contributed by atoms with Crippen molar-refractivity contribution in [2.24, 2.45) is 0 Å². The highest BCUT2D eigenvalue weighted by molar-refractivity contribution is 6.04. The zero-order valence-electron chi connectivity index (χ0n) is 24.7. The van der Waals surface area contributed by atoms with Crippen molar-refractivity contribution in [1.29, 1.82) is 0 Å². The van der Waals surface area contributed by atoms with Gasteiger partial charge in [0.25, 0.3) is 0 Å². The van der Waals surface area contributed by atoms with E-state index < -0.39 is 29.4 Å². The number of aryl methyl sites for hydroxylation is 1. The lowest BCUT2D eigenvalue weighted by Crippen LogP contribution is -2.43. The molecule has 0 aliphatic carbocycles. The molecule has 3 aliphatic rings. The largest absolute Gasteiger partial charge is 0.508 e. The number of nitrogens with zero attached hydrogens (tertiary/aromatic N) is 5. The molecule has 4 atom stereocenters. The van der Waals surface area contributed by atoms with Crippen LogP contribution in [0.15, 0.2) is 30.8 Å². The number of alkyl halides is 1. The Morgan fingerprint density at radius 2 is 2.02 bits per heavy atom. The van der Waals surface area contributed by atoms with Gasteiger partial charge in [-0.1, -0.05) is 18.7 Å². The van der Waals surface area contributed by atoms with Gasteiger partial charge in [-0.3, -0.25) is 4.90 Å². The van der Waals surface area contributed by atoms with Crippen LogP contribution in [0.3, 0.4) is 0 Å². The zero-order valence-corrected chi connectivity index (χ0v) is 24.7. The molecular weight excluding hydrogens is 571 g/mol. The van der Waals surface area contributed by atoms with Crippen LogP contribution in [0.5, 0.6) is 11.8 Å². The number of benzene rings is 2. The van der Waals surface area contributed by atoms with Crippen LogP contribution in [0.2, 0.25) is 0 Å². The highest BCUT2D eigenvalue weighted by Crippen LogP contribution is 2.43. The predicted octanol–water partition coefficient (Wildman–Crippen LogP) is 5.56. The van der Waals surface area contributed by atoms with Crippen molar-refractivity contribution in [3.05, 3.63) is 53.7 Å². The summed E-state index contributed by atoms with van der Waals surface area (Å²) in [5.41, 5.74) is 0.266. The Bertz CT molecular complexity index is 1820. The second-order valence-electron chi connectivity index (χ2n) is 12.4. The Kier molecular flexibility index (Phi) is 6.93. The SMILES string of the molecule is C=Cc1c(F)ccc2cc(O)cc(-c3nc4c5c(nc(OC[C@@]67CCCN6C[C@H](F)C7)nc5c3F)N(C)[C@@H]([C@@H](C)O)CC4)c12. The fourth-order valence-electron chi connectivity index (χ4n) is 7.57. The van der Waals surface area contributed by atoms with Crippen LogP contribution < -0.4 is 9.64 Å². The van der Waals surface area contributed by atoms with Crippen molar-refractivity contribution < 1.29 is 28.1 Å². The number of aliphatic hydroxyl groups is 1. The van der Waals surface area contributed by atoms with Gasteiger partial charge in [0.1, 0.15) is 41.4 Å². The van der Waals surface area contributed by atoms with E-state index in [-0.39, 0.29) is 46.7 Å². The second-order valence-corrected chi connectivity index (χ2v) is 12.4. The number of aromatic nitrogens is 3. The normalized spacial score (nSPS) is 24.1. The number of pyridine rings is 1. The molecule has 5 heterocycles. The van der Waals surface area contributed by atoms with Gasteiger partial charge in [0, 0.05) is 36.5 Å². The summed E-state index contributed by atoms with van der Waals surface area (Å²) in [7, 11) is 1.79. The molecule has 11 heteroatoms. The number of rotatable bonds is 6. The molecule has 0 amide bonds. The van der Waals surface area contributed by atoms with Crippen LogP contribution in [-0.4, -0.2) is 80.7 Å². The van der Waals surface area contributed by atoms with Gasteiger partial charge in [-0.15, -0.1) is 0 Å². The first-order valence-corrected chi connectivity index (χ1v) is 15.0. The molecule has 0 unspecified atom stereocenters. The quantitative estimate of drug-likeness (QED) is 0.295. The molecule has 2 N–H and O–H groups in total. The van der Waals surface area contributed by atoms with Gasteiger partial charge in [-0.25, -0.2) is 18.2 Å². The Balaban J connectivity index is 1.44. The molecule has 44 heavy (non-hydrogen) atoms. The summed E-state index contributed by atoms with van der Waals surface area (Å²) < 4.78 is 52.4. The molecule has 230 valence electrons. The molecule has 2 fully saturated rings. The molecule has 0 bridgehead atoms. The van der Waals surface area contributed by atoms with Crippen molar-refractivity contribution in [1.82, 2.24) is 19.9 Å². The van der Waals surface area contributed by atoms with Gasteiger partial charge in [0.2, 0.25) is 0 Å². The number of ether oxygens (including phenoxy) is 1. The lowest BCUT2D eigenvalue weighted by molar-refractivity contribution is 0.107. The summed E-state index contributed by atoms with van der Waals surface area (Å²) in [4.78, 5) is 17.9. The average molecular weight is 606 g/mol. The van der Waals surface area contributed by atoms with Crippen LogP contribution in [0, 0.1) is 11.6 Å². The maximum Gasteiger partial charge on any atom is 0.319 e. The molecule has 0 radical (unpaired) electrons. The third kappa shape index (κ3) is 4.47. The highest BCUT2D eigenvalue weighted by atomic mass is 19.1. The summed E-state index contributed by atoms with van der Waals surface area (Å²) in [6, 6.07) is 5.22. The first-order chi connectivity index (χ1) is 21.1. The lowest BCUT2D eigenvalue weighted by Gasteiger charge is -2.32. The smallest absolute Gasteiger partial charge is 0.319 e. The Labute approximate surface area is 252 Å². The number of likely N-dealkylation sites (N-methyl/N-ethyl adjacent to an activating group) is 1. The molecule has 0 spiro atoms. The summed E-state index contributed by atoms with van der Waals surface area (Å²) in [6.07, 6.45) is 2.66. The van der Waals surface area contributed by atoms with E-state index in [0.717, 1.165) is 19.4 Å². The minimum Gasteiger partial charge on any atom is -0.508 e. The van der Waals surface area contributed by atoms with Gasteiger partial charge in [-0.2, -0.15) is 9.97 Å². The number of phenols is 1. The summed E-state index contributed by atoms with van der Waals surface area (Å²) in [6.45, 7) is 6.77. The zero-order chi connectivity index (χ0) is 30.9. The number of hydrogen-bond acceptors (Lipinski definition) is 8. The molecular formula is C33H34F3N5O3. The van der Waals surface area contributed by atoms with E-state index in [1.54, 1.807) is 18.9 Å². The highest BCUT2D eigenvalue weighted by Gasteiger charge is 2.49. The lowest BCUT2D eigenvalue weighted by atomic mass is 9.95. The molecule has 7 rings (SSSR count). The standard InChI is InChI=1S/C33H34F3N5O3/c1-4-21-23(35)7-6-18-12-20(43)13-22(26(18)21)29-28(36)30-27-24(37-29)8-9-25(17(2)42)40(3)31(27)39-32(38-30)44-16-33-10-5-11-41(33)15-19(34)14-33/h4,6-7,12-13,17,19,25,42-43H,1,5,8-11,14-16H2,2-3H3/t17-,19-,25-,33+/m1/s1. The van der Waals surface area contributed by atoms with E-state index in [1.165, 1.54) is 30.3 Å². The minimum atomic E-state index is -0.935. The Hall–Kier alpha value is -3.96. The van der Waals surface area contributed by atoms with Crippen LogP contribution >= 0.6 is 0 Å². The van der Waals surface area contributed by atoms with E-state index in [9.17, 15) is 19.0 Å². The van der Waals surface area contributed by atoms with Crippen LogP contribution in [0.25, 0.3) is 39.0 Å². The number of halogens is 3. The van der Waals surface area contributed by atoms with Crippen molar-refractivity contribution in [3.8, 4) is 23.0 Å². The molecule has 0 saturated carbocycles. The van der Waals surface area contributed by atoms with Crippen molar-refractivity contribution in [3.63, 3.8) is 0 Å². The van der Waals surface area contributed by atoms with E-state index >= 15 is 4.39 Å². The molecule has 2 aromatic heterocycles. The third-order valence-corrected chi connectivity index (χ3v) is 9.67. The molecule has 2 aromatic carbocycles. The number of aliphatic hydroxyl groups excluding tert-OH is 1. The summed E-state index contributed by atoms with van der Waals surface area (Å²) in [5, 5.41) is 22.5. The number of anilines is 1. The molecule has 3 aliphatic heterocycles. The van der Waals surface area contributed by atoms with Crippen molar-refractivity contribution in [2.45, 2.75) is 62.9 Å². The van der Waals surface area contributed by atoms with Gasteiger partial charge >= 0.3 is 6.01 Å². The minimum absolute atomic E-state index is 0.0355. The molecule has 4 aromatic rings. The number of hydrogen-bond donors (Lipinski definition) is 2. The van der Waals surface area contributed by atoms with E-state index in [2.05, 4.69) is 16.5 Å². The van der Waals surface area contributed by atoms with Crippen molar-refractivity contribution >= 4 is 33.6 Å². The van der Waals surface area contributed by atoms with Crippen LogP contribution in [0.4, 0.5) is 19.0 Å². The number of fused-ring (bicyclic) bond motifs is 2. The van der Waals surface area contributed by atoms with Gasteiger partial charge in [0.05, 0.1) is 28.8 Å². The first kappa shape index (κ1) is 28.8. The van der Waals surface area contributed by atoms with E-state index in [0.29, 0.717) is 53.5 Å². The monoisotopic (exact) mass is 605 g/mol. The topological polar surface area (TPSA) is 94.8 Å². The average Bonchev–Trinajstić information content (AvgIpc) is 3.47. The fourth-order valence-corrected chi connectivity index (χ4v) is 7.57. The fraction of sp³-hybridized carbons (Fsp3) is 0.424. The first-order valence-electron chi connectivity index (χ1n) is 15.0. The predicted molar refractivity (Wildman–Crippen MR) is 163 cm³/mol. The Morgan fingerprint density at radius 3 is 2.80 bits per heavy atom. The number of phenolic OH excluding ortho intramolecular Hbond substituents is 1. The summed E-state index contributed by atoms with van der Waals surface area (Å²) in [5.74, 6) is -1.08. The molecule has 8 nitrogen and oxygen atoms in total. The van der Waals surface area contributed by atoms with E-state index in [4.69, 9.17) is 14.7 Å². The molecule has 2 saturated heterocycles. The Morgan fingerprint density at radius 1 is 1.20 bits per heavy atom. The number of aromatic hydroxyl groups is 1. The maximum atomic E-state index is 16.8. The van der Waals surface area contributed by atoms with Gasteiger partial charge in [0.15, 0.2) is 5.82 Å². The second kappa shape index (κ2) is 10.6.